The summed E-state index contributed by atoms with van der Waals surface area (Å²) in [5.41, 5.74) is 2.51. The van der Waals surface area contributed by atoms with Gasteiger partial charge in [0.25, 0.3) is 0 Å². The molecule has 0 amide bonds. The number of nitrogens with one attached hydrogen (secondary N) is 1. The highest BCUT2D eigenvalue weighted by Gasteiger charge is 2.09. The first-order valence-electron chi connectivity index (χ1n) is 5.17. The minimum atomic E-state index is 0.671. The van der Waals surface area contributed by atoms with Gasteiger partial charge in [-0.3, -0.25) is 10.3 Å². The molecule has 0 aromatic carbocycles. The molecule has 1 rings (SSSR count). The molecule has 0 aliphatic rings. The molecular weight excluding hydrogens is 210 g/mol. The van der Waals surface area contributed by atoms with Crippen molar-refractivity contribution in [1.29, 1.82) is 0 Å². The van der Waals surface area contributed by atoms with Gasteiger partial charge in [0.05, 0.1) is 6.54 Å². The second-order valence-electron chi connectivity index (χ2n) is 3.87. The molecule has 6 heteroatoms. The van der Waals surface area contributed by atoms with Crippen molar-refractivity contribution in [2.75, 3.05) is 18.5 Å². The molecule has 0 radical (unpaired) electrons. The van der Waals surface area contributed by atoms with Crippen LogP contribution >= 0.6 is 11.3 Å². The van der Waals surface area contributed by atoms with Gasteiger partial charge in [0, 0.05) is 6.54 Å². The molecule has 15 heavy (non-hydrogen) atoms. The highest BCUT2D eigenvalue weighted by molar-refractivity contribution is 7.15. The normalized spacial score (nSPS) is 11.3. The first-order chi connectivity index (χ1) is 7.15. The predicted molar refractivity (Wildman–Crippen MR) is 63.5 cm³/mol. The smallest absolute Gasteiger partial charge is 0.219 e. The second kappa shape index (κ2) is 5.99. The minimum Gasteiger partial charge on any atom is -0.298 e. The van der Waals surface area contributed by atoms with E-state index in [2.05, 4.69) is 41.3 Å². The van der Waals surface area contributed by atoms with Gasteiger partial charge in [-0.05, 0) is 12.5 Å². The molecule has 86 valence electrons. The van der Waals surface area contributed by atoms with Gasteiger partial charge in [0.2, 0.25) is 5.13 Å². The third-order valence-electron chi connectivity index (χ3n) is 2.02. The van der Waals surface area contributed by atoms with E-state index in [-0.39, 0.29) is 0 Å². The molecule has 0 fully saturated rings. The van der Waals surface area contributed by atoms with E-state index in [1.54, 1.807) is 0 Å². The van der Waals surface area contributed by atoms with Gasteiger partial charge in [-0.2, -0.15) is 0 Å². The van der Waals surface area contributed by atoms with Gasteiger partial charge >= 0.3 is 0 Å². The molecule has 0 aliphatic heterocycles. The monoisotopic (exact) mass is 229 g/mol. The fourth-order valence-electron chi connectivity index (χ4n) is 1.39. The van der Waals surface area contributed by atoms with Gasteiger partial charge in [-0.1, -0.05) is 32.1 Å². The van der Waals surface area contributed by atoms with Crippen molar-refractivity contribution >= 4 is 16.5 Å². The summed E-state index contributed by atoms with van der Waals surface area (Å²) in [4.78, 5) is 2.35. The molecule has 0 bridgehead atoms. The zero-order valence-corrected chi connectivity index (χ0v) is 10.3. The van der Waals surface area contributed by atoms with Gasteiger partial charge in [0.1, 0.15) is 5.01 Å². The first-order valence-corrected chi connectivity index (χ1v) is 5.98. The number of anilines is 1. The zero-order valence-electron chi connectivity index (χ0n) is 9.53. The van der Waals surface area contributed by atoms with E-state index in [0.29, 0.717) is 11.0 Å². The van der Waals surface area contributed by atoms with Crippen LogP contribution in [0.25, 0.3) is 0 Å². The molecule has 0 unspecified atom stereocenters. The summed E-state index contributed by atoms with van der Waals surface area (Å²) in [6.07, 6.45) is 0. The van der Waals surface area contributed by atoms with E-state index in [4.69, 9.17) is 5.84 Å². The summed E-state index contributed by atoms with van der Waals surface area (Å²) >= 11 is 1.50. The van der Waals surface area contributed by atoms with E-state index in [9.17, 15) is 0 Å². The maximum absolute atomic E-state index is 5.25. The van der Waals surface area contributed by atoms with Gasteiger partial charge in [-0.15, -0.1) is 10.2 Å². The first kappa shape index (κ1) is 12.4. The average Bonchev–Trinajstić information content (AvgIpc) is 2.64. The molecule has 0 spiro atoms. The molecule has 1 aromatic heterocycles. The predicted octanol–water partition coefficient (Wildman–Crippen LogP) is 1.30. The lowest BCUT2D eigenvalue weighted by atomic mass is 10.2. The molecule has 0 atom stereocenters. The molecule has 3 N–H and O–H groups in total. The Bertz CT molecular complexity index is 286. The van der Waals surface area contributed by atoms with E-state index in [1.165, 1.54) is 11.3 Å². The van der Waals surface area contributed by atoms with Crippen LogP contribution in [0.15, 0.2) is 0 Å². The molecule has 5 nitrogen and oxygen atoms in total. The summed E-state index contributed by atoms with van der Waals surface area (Å²) in [6, 6.07) is 0. The number of hydrazine groups is 1. The van der Waals surface area contributed by atoms with E-state index in [0.717, 1.165) is 24.6 Å². The van der Waals surface area contributed by atoms with Gasteiger partial charge < -0.3 is 0 Å². The Kier molecular flexibility index (Phi) is 4.93. The van der Waals surface area contributed by atoms with Crippen molar-refractivity contribution in [1.82, 2.24) is 15.1 Å². The van der Waals surface area contributed by atoms with Gasteiger partial charge in [-0.25, -0.2) is 5.84 Å². The van der Waals surface area contributed by atoms with Crippen LogP contribution in [0.5, 0.6) is 0 Å². The van der Waals surface area contributed by atoms with Crippen molar-refractivity contribution in [3.05, 3.63) is 5.01 Å². The SMILES string of the molecule is CCN(Cc1nnc(NN)s1)CC(C)C. The van der Waals surface area contributed by atoms with Crippen LogP contribution in [0.4, 0.5) is 5.13 Å². The molecule has 1 heterocycles. The largest absolute Gasteiger partial charge is 0.298 e. The molecule has 0 aliphatic carbocycles. The Labute approximate surface area is 94.7 Å². The number of nitrogens with two attached hydrogens (primary N) is 1. The lowest BCUT2D eigenvalue weighted by Crippen LogP contribution is -2.26. The summed E-state index contributed by atoms with van der Waals surface area (Å²) in [7, 11) is 0. The number of nitrogen functional groups attached to an aromatic ring is 1. The molecule has 0 saturated heterocycles. The number of hydrogen-bond acceptors (Lipinski definition) is 6. The highest BCUT2D eigenvalue weighted by atomic mass is 32.1. The van der Waals surface area contributed by atoms with Crippen LogP contribution in [0.2, 0.25) is 0 Å². The summed E-state index contributed by atoms with van der Waals surface area (Å²) < 4.78 is 0. The zero-order chi connectivity index (χ0) is 11.3. The fraction of sp³-hybridized carbons (Fsp3) is 0.778. The third kappa shape index (κ3) is 4.11. The van der Waals surface area contributed by atoms with Crippen molar-refractivity contribution in [3.63, 3.8) is 0 Å². The van der Waals surface area contributed by atoms with E-state index < -0.39 is 0 Å². The Balaban J connectivity index is 2.50. The minimum absolute atomic E-state index is 0.671. The quantitative estimate of drug-likeness (QED) is 0.568. The fourth-order valence-corrected chi connectivity index (χ4v) is 2.08. The lowest BCUT2D eigenvalue weighted by molar-refractivity contribution is 0.247. The van der Waals surface area contributed by atoms with E-state index >= 15 is 0 Å². The van der Waals surface area contributed by atoms with Crippen LogP contribution in [-0.4, -0.2) is 28.2 Å². The summed E-state index contributed by atoms with van der Waals surface area (Å²) in [5, 5.41) is 9.65. The Hall–Kier alpha value is -0.720. The van der Waals surface area contributed by atoms with E-state index in [1.807, 2.05) is 0 Å². The maximum Gasteiger partial charge on any atom is 0.219 e. The van der Waals surface area contributed by atoms with Crippen LogP contribution in [-0.2, 0) is 6.54 Å². The van der Waals surface area contributed by atoms with Crippen molar-refractivity contribution in [3.8, 4) is 0 Å². The average molecular weight is 229 g/mol. The third-order valence-corrected chi connectivity index (χ3v) is 2.86. The highest BCUT2D eigenvalue weighted by Crippen LogP contribution is 2.15. The lowest BCUT2D eigenvalue weighted by Gasteiger charge is -2.20. The molecular formula is C9H19N5S. The number of hydrogen-bond donors (Lipinski definition) is 2. The Morgan fingerprint density at radius 1 is 1.47 bits per heavy atom. The van der Waals surface area contributed by atoms with Crippen molar-refractivity contribution < 1.29 is 0 Å². The van der Waals surface area contributed by atoms with Crippen molar-refractivity contribution in [2.24, 2.45) is 11.8 Å². The Morgan fingerprint density at radius 3 is 2.67 bits per heavy atom. The number of nitrogens with zero attached hydrogens (tertiary/aromatic N) is 3. The molecule has 1 aromatic rings. The summed E-state index contributed by atoms with van der Waals surface area (Å²) in [5.74, 6) is 5.92. The Morgan fingerprint density at radius 2 is 2.20 bits per heavy atom. The van der Waals surface area contributed by atoms with Crippen LogP contribution < -0.4 is 11.3 Å². The molecule has 0 saturated carbocycles. The van der Waals surface area contributed by atoms with Crippen LogP contribution in [0, 0.1) is 5.92 Å². The van der Waals surface area contributed by atoms with Crippen molar-refractivity contribution in [2.45, 2.75) is 27.3 Å². The van der Waals surface area contributed by atoms with Gasteiger partial charge in [0.15, 0.2) is 0 Å². The number of aromatic nitrogens is 2. The number of rotatable bonds is 6. The van der Waals surface area contributed by atoms with Crippen LogP contribution in [0.3, 0.4) is 0 Å². The standard InChI is InChI=1S/C9H19N5S/c1-4-14(5-7(2)3)6-8-12-13-9(11-10)15-8/h7H,4-6,10H2,1-3H3,(H,11,13). The summed E-state index contributed by atoms with van der Waals surface area (Å²) in [6.45, 7) is 9.56. The second-order valence-corrected chi connectivity index (χ2v) is 4.93. The van der Waals surface area contributed by atoms with Crippen LogP contribution in [0.1, 0.15) is 25.8 Å². The maximum atomic E-state index is 5.25. The topological polar surface area (TPSA) is 67.1 Å².